The summed E-state index contributed by atoms with van der Waals surface area (Å²) < 4.78 is 7.64. The zero-order valence-corrected chi connectivity index (χ0v) is 16.7. The van der Waals surface area contributed by atoms with Crippen molar-refractivity contribution in [3.63, 3.8) is 0 Å². The van der Waals surface area contributed by atoms with E-state index in [1.54, 1.807) is 17.5 Å². The highest BCUT2D eigenvalue weighted by Crippen LogP contribution is 2.23. The van der Waals surface area contributed by atoms with Crippen molar-refractivity contribution in [2.24, 2.45) is 7.05 Å². The Bertz CT molecular complexity index is 1090. The summed E-state index contributed by atoms with van der Waals surface area (Å²) in [6, 6.07) is 17.3. The average molecular weight is 404 g/mol. The maximum atomic E-state index is 12.3. The van der Waals surface area contributed by atoms with Crippen LogP contribution in [-0.4, -0.2) is 20.4 Å². The van der Waals surface area contributed by atoms with Crippen LogP contribution < -0.4 is 10.1 Å². The Hall–Kier alpha value is -3.45. The highest BCUT2D eigenvalue weighted by atomic mass is 32.1. The summed E-state index contributed by atoms with van der Waals surface area (Å²) in [5, 5.41) is 5.75. The van der Waals surface area contributed by atoms with E-state index in [2.05, 4.69) is 15.3 Å². The van der Waals surface area contributed by atoms with Gasteiger partial charge in [-0.05, 0) is 24.3 Å². The number of benzene rings is 2. The van der Waals surface area contributed by atoms with Crippen LogP contribution in [0.3, 0.4) is 0 Å². The third kappa shape index (κ3) is 4.89. The van der Waals surface area contributed by atoms with E-state index in [4.69, 9.17) is 4.74 Å². The summed E-state index contributed by atoms with van der Waals surface area (Å²) in [6.07, 6.45) is 3.85. The van der Waals surface area contributed by atoms with Crippen LogP contribution in [0.1, 0.15) is 11.5 Å². The second-order valence-corrected chi connectivity index (χ2v) is 7.36. The molecule has 0 atom stereocenters. The Morgan fingerprint density at radius 2 is 1.93 bits per heavy atom. The van der Waals surface area contributed by atoms with Crippen LogP contribution in [0, 0.1) is 0 Å². The smallest absolute Gasteiger partial charge is 0.230 e. The minimum absolute atomic E-state index is 0.100. The van der Waals surface area contributed by atoms with Crippen LogP contribution in [-0.2, 0) is 24.9 Å². The molecule has 0 aliphatic rings. The lowest BCUT2D eigenvalue weighted by Gasteiger charge is -2.08. The number of aryl methyl sites for hydroxylation is 1. The highest BCUT2D eigenvalue weighted by Gasteiger charge is 2.09. The number of carbonyl (C=O) groups is 1. The summed E-state index contributed by atoms with van der Waals surface area (Å²) in [7, 11) is 1.93. The number of thiazole rings is 1. The predicted molar refractivity (Wildman–Crippen MR) is 114 cm³/mol. The number of amides is 1. The van der Waals surface area contributed by atoms with Crippen molar-refractivity contribution >= 4 is 22.9 Å². The number of hydrogen-bond donors (Lipinski definition) is 1. The second-order valence-electron chi connectivity index (χ2n) is 6.50. The Morgan fingerprint density at radius 1 is 1.14 bits per heavy atom. The normalized spacial score (nSPS) is 10.7. The zero-order valence-electron chi connectivity index (χ0n) is 15.9. The second kappa shape index (κ2) is 8.70. The highest BCUT2D eigenvalue weighted by molar-refractivity contribution is 7.13. The van der Waals surface area contributed by atoms with Gasteiger partial charge >= 0.3 is 0 Å². The Labute approximate surface area is 172 Å². The minimum atomic E-state index is -0.100. The standard InChI is InChI=1S/C22H20N4O2S/c1-26-12-11-23-20(26)14-28-19-9-7-17(8-10-19)24-21(27)13-18-15-29-22(25-18)16-5-3-2-4-6-16/h2-12,15H,13-14H2,1H3,(H,24,27). The molecule has 0 saturated heterocycles. The lowest BCUT2D eigenvalue weighted by molar-refractivity contribution is -0.115. The summed E-state index contributed by atoms with van der Waals surface area (Å²) in [4.78, 5) is 21.1. The zero-order chi connectivity index (χ0) is 20.1. The maximum Gasteiger partial charge on any atom is 0.230 e. The molecule has 0 bridgehead atoms. The topological polar surface area (TPSA) is 69.0 Å². The van der Waals surface area contributed by atoms with Gasteiger partial charge in [-0.15, -0.1) is 11.3 Å². The summed E-state index contributed by atoms with van der Waals surface area (Å²) in [6.45, 7) is 0.392. The molecular formula is C22H20N4O2S. The molecule has 7 heteroatoms. The molecule has 0 aliphatic carbocycles. The monoisotopic (exact) mass is 404 g/mol. The number of nitrogens with zero attached hydrogens (tertiary/aromatic N) is 3. The third-order valence-corrected chi connectivity index (χ3v) is 5.28. The van der Waals surface area contributed by atoms with Crippen LogP contribution in [0.4, 0.5) is 5.69 Å². The van der Waals surface area contributed by atoms with E-state index >= 15 is 0 Å². The van der Waals surface area contributed by atoms with Crippen LogP contribution in [0.25, 0.3) is 10.6 Å². The number of hydrogen-bond acceptors (Lipinski definition) is 5. The molecule has 0 saturated carbocycles. The molecule has 4 aromatic rings. The van der Waals surface area contributed by atoms with Crippen molar-refractivity contribution in [2.45, 2.75) is 13.0 Å². The van der Waals surface area contributed by atoms with Crippen molar-refractivity contribution in [2.75, 3.05) is 5.32 Å². The van der Waals surface area contributed by atoms with Crippen LogP contribution >= 0.6 is 11.3 Å². The molecular weight excluding hydrogens is 384 g/mol. The molecule has 1 amide bonds. The molecule has 146 valence electrons. The van der Waals surface area contributed by atoms with Gasteiger partial charge in [0.25, 0.3) is 0 Å². The van der Waals surface area contributed by atoms with Gasteiger partial charge in [0.2, 0.25) is 5.91 Å². The van der Waals surface area contributed by atoms with Gasteiger partial charge in [-0.25, -0.2) is 9.97 Å². The van der Waals surface area contributed by atoms with Gasteiger partial charge in [-0.2, -0.15) is 0 Å². The first-order chi connectivity index (χ1) is 14.2. The molecule has 2 heterocycles. The molecule has 29 heavy (non-hydrogen) atoms. The molecule has 2 aromatic carbocycles. The fourth-order valence-corrected chi connectivity index (χ4v) is 3.61. The Balaban J connectivity index is 1.30. The fraction of sp³-hybridized carbons (Fsp3) is 0.136. The number of rotatable bonds is 7. The molecule has 1 N–H and O–H groups in total. The van der Waals surface area contributed by atoms with E-state index in [9.17, 15) is 4.79 Å². The Morgan fingerprint density at radius 3 is 2.66 bits per heavy atom. The molecule has 0 aliphatic heterocycles. The number of ether oxygens (including phenoxy) is 1. The van der Waals surface area contributed by atoms with Crippen molar-refractivity contribution < 1.29 is 9.53 Å². The first-order valence-electron chi connectivity index (χ1n) is 9.16. The molecule has 2 aromatic heterocycles. The quantitative estimate of drug-likeness (QED) is 0.499. The summed E-state index contributed by atoms with van der Waals surface area (Å²) >= 11 is 1.54. The van der Waals surface area contributed by atoms with Gasteiger partial charge in [0.1, 0.15) is 23.2 Å². The van der Waals surface area contributed by atoms with Crippen molar-refractivity contribution in [3.8, 4) is 16.3 Å². The molecule has 0 radical (unpaired) electrons. The van der Waals surface area contributed by atoms with E-state index in [0.717, 1.165) is 33.5 Å². The third-order valence-electron chi connectivity index (χ3n) is 4.34. The molecule has 4 rings (SSSR count). The molecule has 0 fully saturated rings. The van der Waals surface area contributed by atoms with Gasteiger partial charge in [0, 0.05) is 36.1 Å². The summed E-state index contributed by atoms with van der Waals surface area (Å²) in [5.74, 6) is 1.47. The lowest BCUT2D eigenvalue weighted by atomic mass is 10.2. The Kier molecular flexibility index (Phi) is 5.67. The van der Waals surface area contributed by atoms with E-state index in [1.807, 2.05) is 77.8 Å². The van der Waals surface area contributed by atoms with Gasteiger partial charge in [-0.1, -0.05) is 30.3 Å². The van der Waals surface area contributed by atoms with E-state index in [0.29, 0.717) is 6.61 Å². The largest absolute Gasteiger partial charge is 0.486 e. The lowest BCUT2D eigenvalue weighted by Crippen LogP contribution is -2.14. The van der Waals surface area contributed by atoms with E-state index < -0.39 is 0 Å². The molecule has 0 unspecified atom stereocenters. The predicted octanol–water partition coefficient (Wildman–Crippen LogP) is 4.30. The van der Waals surface area contributed by atoms with Gasteiger partial charge < -0.3 is 14.6 Å². The van der Waals surface area contributed by atoms with Gasteiger partial charge in [0.15, 0.2) is 0 Å². The number of nitrogens with one attached hydrogen (secondary N) is 1. The first kappa shape index (κ1) is 18.9. The van der Waals surface area contributed by atoms with E-state index in [-0.39, 0.29) is 12.3 Å². The minimum Gasteiger partial charge on any atom is -0.486 e. The molecule has 0 spiro atoms. The maximum absolute atomic E-state index is 12.3. The number of aromatic nitrogens is 3. The first-order valence-corrected chi connectivity index (χ1v) is 10.0. The van der Waals surface area contributed by atoms with Crippen molar-refractivity contribution in [1.29, 1.82) is 0 Å². The van der Waals surface area contributed by atoms with Crippen LogP contribution in [0.5, 0.6) is 5.75 Å². The number of carbonyl (C=O) groups excluding carboxylic acids is 1. The number of imidazole rings is 1. The fourth-order valence-electron chi connectivity index (χ4n) is 2.79. The van der Waals surface area contributed by atoms with E-state index in [1.165, 1.54) is 0 Å². The van der Waals surface area contributed by atoms with Crippen LogP contribution in [0.2, 0.25) is 0 Å². The van der Waals surface area contributed by atoms with Crippen molar-refractivity contribution in [3.05, 3.63) is 83.9 Å². The van der Waals surface area contributed by atoms with Crippen LogP contribution in [0.15, 0.2) is 72.4 Å². The van der Waals surface area contributed by atoms with Gasteiger partial charge in [-0.3, -0.25) is 4.79 Å². The van der Waals surface area contributed by atoms with Gasteiger partial charge in [0.05, 0.1) is 12.1 Å². The number of anilines is 1. The molecule has 6 nitrogen and oxygen atoms in total. The van der Waals surface area contributed by atoms with Crippen molar-refractivity contribution in [1.82, 2.24) is 14.5 Å². The average Bonchev–Trinajstić information content (AvgIpc) is 3.37. The summed E-state index contributed by atoms with van der Waals surface area (Å²) in [5.41, 5.74) is 2.55. The SMILES string of the molecule is Cn1ccnc1COc1ccc(NC(=O)Cc2csc(-c3ccccc3)n2)cc1.